The van der Waals surface area contributed by atoms with E-state index in [4.69, 9.17) is 11.6 Å². The van der Waals surface area contributed by atoms with Gasteiger partial charge in [0.15, 0.2) is 0 Å². The zero-order chi connectivity index (χ0) is 16.9. The number of amides is 1. The highest BCUT2D eigenvalue weighted by molar-refractivity contribution is 7.99. The highest BCUT2D eigenvalue weighted by Gasteiger charge is 2.29. The van der Waals surface area contributed by atoms with Gasteiger partial charge in [-0.05, 0) is 48.5 Å². The molecule has 0 aliphatic rings. The Morgan fingerprint density at radius 3 is 2.22 bits per heavy atom. The Morgan fingerprint density at radius 2 is 1.65 bits per heavy atom. The first-order valence-electron chi connectivity index (χ1n) is 6.70. The highest BCUT2D eigenvalue weighted by Crippen LogP contribution is 2.29. The number of alkyl halides is 3. The van der Waals surface area contributed by atoms with E-state index in [1.807, 2.05) is 12.1 Å². The van der Waals surface area contributed by atoms with Gasteiger partial charge in [-0.2, -0.15) is 13.2 Å². The van der Waals surface area contributed by atoms with Crippen molar-refractivity contribution in [1.29, 1.82) is 0 Å². The van der Waals surface area contributed by atoms with Crippen molar-refractivity contribution in [2.24, 2.45) is 0 Å². The number of anilines is 1. The van der Waals surface area contributed by atoms with Crippen molar-refractivity contribution in [3.05, 3.63) is 59.1 Å². The smallest absolute Gasteiger partial charge is 0.326 e. The molecule has 0 saturated heterocycles. The number of thioether (sulfide) groups is 1. The summed E-state index contributed by atoms with van der Waals surface area (Å²) < 4.78 is 37.3. The van der Waals surface area contributed by atoms with Gasteiger partial charge >= 0.3 is 6.18 Å². The largest absolute Gasteiger partial charge is 0.416 e. The minimum atomic E-state index is -4.38. The molecule has 2 nitrogen and oxygen atoms in total. The van der Waals surface area contributed by atoms with Crippen molar-refractivity contribution in [3.63, 3.8) is 0 Å². The van der Waals surface area contributed by atoms with Crippen LogP contribution in [-0.2, 0) is 11.0 Å². The summed E-state index contributed by atoms with van der Waals surface area (Å²) >= 11 is 7.29. The van der Waals surface area contributed by atoms with Crippen molar-refractivity contribution in [1.82, 2.24) is 0 Å². The molecular formula is C16H13ClF3NOS. The quantitative estimate of drug-likeness (QED) is 0.716. The molecule has 0 fully saturated rings. The van der Waals surface area contributed by atoms with E-state index in [-0.39, 0.29) is 12.3 Å². The van der Waals surface area contributed by atoms with E-state index in [1.165, 1.54) is 23.9 Å². The molecule has 2 aromatic carbocycles. The normalized spacial score (nSPS) is 11.3. The number of rotatable bonds is 5. The van der Waals surface area contributed by atoms with E-state index >= 15 is 0 Å². The third kappa shape index (κ3) is 5.80. The van der Waals surface area contributed by atoms with Crippen LogP contribution in [0.5, 0.6) is 0 Å². The molecule has 1 N–H and O–H groups in total. The number of halogens is 4. The molecule has 0 radical (unpaired) electrons. The summed E-state index contributed by atoms with van der Waals surface area (Å²) in [5.41, 5.74) is -0.395. The molecule has 23 heavy (non-hydrogen) atoms. The maximum atomic E-state index is 12.4. The average Bonchev–Trinajstić information content (AvgIpc) is 2.49. The van der Waals surface area contributed by atoms with Crippen molar-refractivity contribution in [3.8, 4) is 0 Å². The van der Waals surface area contributed by atoms with E-state index in [0.717, 1.165) is 17.0 Å². The lowest BCUT2D eigenvalue weighted by Crippen LogP contribution is -2.12. The second-order valence-corrected chi connectivity index (χ2v) is 6.28. The van der Waals surface area contributed by atoms with E-state index in [9.17, 15) is 18.0 Å². The van der Waals surface area contributed by atoms with Crippen molar-refractivity contribution < 1.29 is 18.0 Å². The SMILES string of the molecule is O=C(CCSc1ccc(Cl)cc1)Nc1ccc(C(F)(F)F)cc1. The van der Waals surface area contributed by atoms with Crippen LogP contribution >= 0.6 is 23.4 Å². The molecular weight excluding hydrogens is 347 g/mol. The summed E-state index contributed by atoms with van der Waals surface area (Å²) in [7, 11) is 0. The van der Waals surface area contributed by atoms with Crippen molar-refractivity contribution in [2.45, 2.75) is 17.5 Å². The predicted octanol–water partition coefficient (Wildman–Crippen LogP) is 5.48. The minimum Gasteiger partial charge on any atom is -0.326 e. The Bertz CT molecular complexity index is 657. The van der Waals surface area contributed by atoms with Crippen LogP contribution in [0.15, 0.2) is 53.4 Å². The van der Waals surface area contributed by atoms with Gasteiger partial charge < -0.3 is 5.32 Å². The fourth-order valence-electron chi connectivity index (χ4n) is 1.76. The van der Waals surface area contributed by atoms with Crippen molar-refractivity contribution in [2.75, 3.05) is 11.1 Å². The molecule has 0 heterocycles. The van der Waals surface area contributed by atoms with E-state index < -0.39 is 11.7 Å². The Morgan fingerprint density at radius 1 is 1.04 bits per heavy atom. The first-order valence-corrected chi connectivity index (χ1v) is 8.06. The Labute approximate surface area is 141 Å². The number of hydrogen-bond acceptors (Lipinski definition) is 2. The van der Waals surface area contributed by atoms with Crippen LogP contribution in [0, 0.1) is 0 Å². The molecule has 122 valence electrons. The molecule has 2 rings (SSSR count). The summed E-state index contributed by atoms with van der Waals surface area (Å²) in [6.45, 7) is 0. The zero-order valence-electron chi connectivity index (χ0n) is 11.9. The van der Waals surface area contributed by atoms with Gasteiger partial charge in [0.05, 0.1) is 5.56 Å². The maximum absolute atomic E-state index is 12.4. The Balaban J connectivity index is 1.79. The van der Waals surface area contributed by atoms with Gasteiger partial charge in [-0.25, -0.2) is 0 Å². The van der Waals surface area contributed by atoms with Gasteiger partial charge in [0.2, 0.25) is 5.91 Å². The molecule has 0 unspecified atom stereocenters. The van der Waals surface area contributed by atoms with Crippen molar-refractivity contribution >= 4 is 35.0 Å². The number of nitrogens with one attached hydrogen (secondary N) is 1. The first kappa shape index (κ1) is 17.7. The van der Waals surface area contributed by atoms with Gasteiger partial charge in [-0.3, -0.25) is 4.79 Å². The average molecular weight is 360 g/mol. The van der Waals surface area contributed by atoms with E-state index in [2.05, 4.69) is 5.32 Å². The number of carbonyl (C=O) groups excluding carboxylic acids is 1. The lowest BCUT2D eigenvalue weighted by atomic mass is 10.2. The monoisotopic (exact) mass is 359 g/mol. The Kier molecular flexibility index (Phi) is 5.96. The molecule has 0 aliphatic carbocycles. The summed E-state index contributed by atoms with van der Waals surface area (Å²) in [5, 5.41) is 3.22. The topological polar surface area (TPSA) is 29.1 Å². The fraction of sp³-hybridized carbons (Fsp3) is 0.188. The van der Waals surface area contributed by atoms with Crippen LogP contribution in [0.2, 0.25) is 5.02 Å². The lowest BCUT2D eigenvalue weighted by molar-refractivity contribution is -0.137. The molecule has 1 amide bonds. The predicted molar refractivity (Wildman–Crippen MR) is 86.9 cm³/mol. The highest BCUT2D eigenvalue weighted by atomic mass is 35.5. The molecule has 0 bridgehead atoms. The van der Waals surface area contributed by atoms with Gasteiger partial charge in [0, 0.05) is 27.8 Å². The second kappa shape index (κ2) is 7.75. The zero-order valence-corrected chi connectivity index (χ0v) is 13.4. The van der Waals surface area contributed by atoms with Crippen LogP contribution in [-0.4, -0.2) is 11.7 Å². The molecule has 2 aromatic rings. The van der Waals surface area contributed by atoms with Crippen LogP contribution in [0.1, 0.15) is 12.0 Å². The molecule has 0 atom stereocenters. The summed E-state index contributed by atoms with van der Waals surface area (Å²) in [6, 6.07) is 11.6. The molecule has 7 heteroatoms. The second-order valence-electron chi connectivity index (χ2n) is 4.68. The summed E-state index contributed by atoms with van der Waals surface area (Å²) in [6.07, 6.45) is -4.12. The molecule has 0 aliphatic heterocycles. The fourth-order valence-corrected chi connectivity index (χ4v) is 2.74. The standard InChI is InChI=1S/C16H13ClF3NOS/c17-12-3-7-14(8-4-12)23-10-9-15(22)21-13-5-1-11(2-6-13)16(18,19)20/h1-8H,9-10H2,(H,21,22). The van der Waals surface area contributed by atoms with Crippen LogP contribution < -0.4 is 5.32 Å². The van der Waals surface area contributed by atoms with Gasteiger partial charge in [0.25, 0.3) is 0 Å². The molecule has 0 spiro atoms. The Hall–Kier alpha value is -1.66. The molecule has 0 aromatic heterocycles. The summed E-state index contributed by atoms with van der Waals surface area (Å²) in [5.74, 6) is 0.319. The van der Waals surface area contributed by atoms with Crippen LogP contribution in [0.4, 0.5) is 18.9 Å². The first-order chi connectivity index (χ1) is 10.8. The lowest BCUT2D eigenvalue weighted by Gasteiger charge is -2.08. The number of carbonyl (C=O) groups is 1. The van der Waals surface area contributed by atoms with Gasteiger partial charge in [0.1, 0.15) is 0 Å². The summed E-state index contributed by atoms with van der Waals surface area (Å²) in [4.78, 5) is 12.8. The maximum Gasteiger partial charge on any atom is 0.416 e. The molecule has 0 saturated carbocycles. The number of benzene rings is 2. The minimum absolute atomic E-state index is 0.244. The van der Waals surface area contributed by atoms with Crippen LogP contribution in [0.3, 0.4) is 0 Å². The van der Waals surface area contributed by atoms with E-state index in [1.54, 1.807) is 12.1 Å². The van der Waals surface area contributed by atoms with Gasteiger partial charge in [-0.1, -0.05) is 11.6 Å². The number of hydrogen-bond donors (Lipinski definition) is 1. The van der Waals surface area contributed by atoms with Gasteiger partial charge in [-0.15, -0.1) is 11.8 Å². The third-order valence-electron chi connectivity index (χ3n) is 2.91. The van der Waals surface area contributed by atoms with E-state index in [0.29, 0.717) is 16.5 Å². The van der Waals surface area contributed by atoms with Crippen LogP contribution in [0.25, 0.3) is 0 Å². The third-order valence-corrected chi connectivity index (χ3v) is 4.17.